The monoisotopic (exact) mass is 352 g/mol. The van der Waals surface area contributed by atoms with Crippen molar-refractivity contribution in [3.8, 4) is 11.5 Å². The number of ether oxygens (including phenoxy) is 2. The number of rotatable bonds is 9. The van der Waals surface area contributed by atoms with Crippen molar-refractivity contribution in [3.63, 3.8) is 0 Å². The van der Waals surface area contributed by atoms with Crippen LogP contribution in [0.4, 0.5) is 8.78 Å². The fourth-order valence-corrected chi connectivity index (χ4v) is 1.89. The molecule has 132 valence electrons. The van der Waals surface area contributed by atoms with Gasteiger partial charge in [-0.3, -0.25) is 4.79 Å². The fourth-order valence-electron chi connectivity index (χ4n) is 1.89. The Bertz CT molecular complexity index is 490. The van der Waals surface area contributed by atoms with Crippen molar-refractivity contribution in [1.29, 1.82) is 0 Å². The van der Waals surface area contributed by atoms with Crippen LogP contribution in [-0.4, -0.2) is 25.2 Å². The van der Waals surface area contributed by atoms with Gasteiger partial charge in [0.2, 0.25) is 5.91 Å². The van der Waals surface area contributed by atoms with Crippen molar-refractivity contribution < 1.29 is 23.0 Å². The second-order valence-electron chi connectivity index (χ2n) is 4.71. The minimum absolute atomic E-state index is 0. The number of halogens is 3. The minimum atomic E-state index is -2.92. The van der Waals surface area contributed by atoms with Crippen LogP contribution in [0.3, 0.4) is 0 Å². The maximum Gasteiger partial charge on any atom is 0.387 e. The lowest BCUT2D eigenvalue weighted by molar-refractivity contribution is -0.122. The van der Waals surface area contributed by atoms with Crippen LogP contribution in [0.15, 0.2) is 18.2 Å². The molecule has 0 saturated heterocycles. The highest BCUT2D eigenvalue weighted by atomic mass is 35.5. The molecule has 1 aromatic rings. The first kappa shape index (κ1) is 21.4. The van der Waals surface area contributed by atoms with Gasteiger partial charge in [-0.2, -0.15) is 8.78 Å². The average molecular weight is 353 g/mol. The Morgan fingerprint density at radius 1 is 1.30 bits per heavy atom. The summed E-state index contributed by atoms with van der Waals surface area (Å²) in [5.74, 6) is -0.0604. The zero-order valence-electron chi connectivity index (χ0n) is 13.2. The van der Waals surface area contributed by atoms with Gasteiger partial charge in [0.05, 0.1) is 12.6 Å². The first-order valence-electron chi connectivity index (χ1n) is 7.21. The molecule has 1 unspecified atom stereocenters. The smallest absolute Gasteiger partial charge is 0.387 e. The van der Waals surface area contributed by atoms with Gasteiger partial charge in [0, 0.05) is 6.54 Å². The Kier molecular flexibility index (Phi) is 10.2. The molecule has 1 atom stereocenters. The van der Waals surface area contributed by atoms with Gasteiger partial charge in [0.25, 0.3) is 0 Å². The van der Waals surface area contributed by atoms with Gasteiger partial charge in [0.1, 0.15) is 0 Å². The first-order valence-corrected chi connectivity index (χ1v) is 7.21. The van der Waals surface area contributed by atoms with E-state index in [-0.39, 0.29) is 36.4 Å². The SMILES string of the molecule is CCCC(N)C(=O)NCc1ccc(OC(F)F)c(OCC)c1.Cl. The van der Waals surface area contributed by atoms with Gasteiger partial charge < -0.3 is 20.5 Å². The summed E-state index contributed by atoms with van der Waals surface area (Å²) < 4.78 is 34.3. The van der Waals surface area contributed by atoms with Crippen molar-refractivity contribution in [2.24, 2.45) is 5.73 Å². The normalized spacial score (nSPS) is 11.6. The number of nitrogens with two attached hydrogens (primary N) is 1. The van der Waals surface area contributed by atoms with E-state index < -0.39 is 12.7 Å². The van der Waals surface area contributed by atoms with Crippen LogP contribution in [0.5, 0.6) is 11.5 Å². The number of alkyl halides is 2. The van der Waals surface area contributed by atoms with E-state index in [2.05, 4.69) is 10.1 Å². The van der Waals surface area contributed by atoms with Gasteiger partial charge >= 0.3 is 6.61 Å². The summed E-state index contributed by atoms with van der Waals surface area (Å²) in [6, 6.07) is 4.00. The Morgan fingerprint density at radius 3 is 2.57 bits per heavy atom. The largest absolute Gasteiger partial charge is 0.490 e. The molecule has 3 N–H and O–H groups in total. The molecule has 0 aliphatic rings. The molecule has 0 bridgehead atoms. The van der Waals surface area contributed by atoms with Gasteiger partial charge in [-0.15, -0.1) is 12.4 Å². The van der Waals surface area contributed by atoms with Crippen LogP contribution in [0.25, 0.3) is 0 Å². The zero-order valence-corrected chi connectivity index (χ0v) is 14.0. The summed E-state index contributed by atoms with van der Waals surface area (Å²) in [6.45, 7) is 1.33. The Labute approximate surface area is 140 Å². The predicted octanol–water partition coefficient (Wildman–Crippen LogP) is 2.85. The van der Waals surface area contributed by atoms with E-state index in [9.17, 15) is 13.6 Å². The standard InChI is InChI=1S/C15H22F2N2O3.ClH/c1-3-5-11(18)14(20)19-9-10-6-7-12(22-15(16)17)13(8-10)21-4-2;/h6-8,11,15H,3-5,9,18H2,1-2H3,(H,19,20);1H. The molecular formula is C15H23ClF2N2O3. The third-order valence-corrected chi connectivity index (χ3v) is 2.93. The lowest BCUT2D eigenvalue weighted by atomic mass is 10.1. The van der Waals surface area contributed by atoms with Crippen molar-refractivity contribution >= 4 is 18.3 Å². The molecule has 0 heterocycles. The average Bonchev–Trinajstić information content (AvgIpc) is 2.47. The van der Waals surface area contributed by atoms with Gasteiger partial charge in [0.15, 0.2) is 11.5 Å². The molecule has 1 amide bonds. The van der Waals surface area contributed by atoms with Gasteiger partial charge in [-0.25, -0.2) is 0 Å². The fraction of sp³-hybridized carbons (Fsp3) is 0.533. The summed E-state index contributed by atoms with van der Waals surface area (Å²) >= 11 is 0. The van der Waals surface area contributed by atoms with Crippen molar-refractivity contribution in [1.82, 2.24) is 5.32 Å². The Morgan fingerprint density at radius 2 is 2.00 bits per heavy atom. The summed E-state index contributed by atoms with van der Waals surface area (Å²) in [5, 5.41) is 2.70. The van der Waals surface area contributed by atoms with E-state index in [1.54, 1.807) is 19.1 Å². The number of amides is 1. The molecule has 0 aromatic heterocycles. The van der Waals surface area contributed by atoms with E-state index in [4.69, 9.17) is 10.5 Å². The van der Waals surface area contributed by atoms with E-state index in [0.717, 1.165) is 6.42 Å². The highest BCUT2D eigenvalue weighted by molar-refractivity contribution is 5.85. The van der Waals surface area contributed by atoms with E-state index in [1.165, 1.54) is 6.07 Å². The quantitative estimate of drug-likeness (QED) is 0.716. The van der Waals surface area contributed by atoms with Gasteiger partial charge in [-0.05, 0) is 31.0 Å². The minimum Gasteiger partial charge on any atom is -0.490 e. The third kappa shape index (κ3) is 7.47. The van der Waals surface area contributed by atoms with E-state index >= 15 is 0 Å². The maximum atomic E-state index is 12.3. The van der Waals surface area contributed by atoms with Crippen LogP contribution >= 0.6 is 12.4 Å². The molecule has 0 aliphatic carbocycles. The van der Waals surface area contributed by atoms with Crippen LogP contribution in [0.2, 0.25) is 0 Å². The van der Waals surface area contributed by atoms with Crippen LogP contribution < -0.4 is 20.5 Å². The topological polar surface area (TPSA) is 73.6 Å². The number of hydrogen-bond donors (Lipinski definition) is 2. The molecule has 0 saturated carbocycles. The van der Waals surface area contributed by atoms with Crippen molar-refractivity contribution in [3.05, 3.63) is 23.8 Å². The summed E-state index contributed by atoms with van der Waals surface area (Å²) in [7, 11) is 0. The molecule has 0 radical (unpaired) electrons. The molecule has 0 spiro atoms. The number of carbonyl (C=O) groups excluding carboxylic acids is 1. The number of nitrogens with one attached hydrogen (secondary N) is 1. The molecular weight excluding hydrogens is 330 g/mol. The maximum absolute atomic E-state index is 12.3. The molecule has 8 heteroatoms. The highest BCUT2D eigenvalue weighted by Crippen LogP contribution is 2.29. The van der Waals surface area contributed by atoms with Gasteiger partial charge in [-0.1, -0.05) is 19.4 Å². The molecule has 23 heavy (non-hydrogen) atoms. The molecule has 1 aromatic carbocycles. The van der Waals surface area contributed by atoms with Crippen molar-refractivity contribution in [2.75, 3.05) is 6.61 Å². The second-order valence-corrected chi connectivity index (χ2v) is 4.71. The van der Waals surface area contributed by atoms with Crippen LogP contribution in [-0.2, 0) is 11.3 Å². The lowest BCUT2D eigenvalue weighted by Crippen LogP contribution is -2.40. The van der Waals surface area contributed by atoms with Crippen molar-refractivity contribution in [2.45, 2.75) is 45.9 Å². The summed E-state index contributed by atoms with van der Waals surface area (Å²) in [6.07, 6.45) is 1.43. The Hall–Kier alpha value is -1.60. The Balaban J connectivity index is 0.00000484. The molecule has 0 fully saturated rings. The first-order chi connectivity index (χ1) is 10.5. The number of benzene rings is 1. The van der Waals surface area contributed by atoms with E-state index in [1.807, 2.05) is 6.92 Å². The zero-order chi connectivity index (χ0) is 16.5. The predicted molar refractivity (Wildman–Crippen MR) is 86.2 cm³/mol. The molecule has 5 nitrogen and oxygen atoms in total. The van der Waals surface area contributed by atoms with Crippen LogP contribution in [0.1, 0.15) is 32.3 Å². The van der Waals surface area contributed by atoms with E-state index in [0.29, 0.717) is 18.6 Å². The summed E-state index contributed by atoms with van der Waals surface area (Å²) in [4.78, 5) is 11.7. The summed E-state index contributed by atoms with van der Waals surface area (Å²) in [5.41, 5.74) is 6.42. The molecule has 1 rings (SSSR count). The third-order valence-electron chi connectivity index (χ3n) is 2.93. The highest BCUT2D eigenvalue weighted by Gasteiger charge is 2.14. The molecule has 0 aliphatic heterocycles. The number of carbonyl (C=O) groups is 1. The van der Waals surface area contributed by atoms with Crippen LogP contribution in [0, 0.1) is 0 Å². The number of hydrogen-bond acceptors (Lipinski definition) is 4. The second kappa shape index (κ2) is 11.0. The lowest BCUT2D eigenvalue weighted by Gasteiger charge is -2.14.